The average Bonchev–Trinajstić information content (AvgIpc) is 2.73. The zero-order chi connectivity index (χ0) is 14.8. The Morgan fingerprint density at radius 2 is 1.90 bits per heavy atom. The van der Waals surface area contributed by atoms with E-state index < -0.39 is 11.4 Å². The number of anilines is 1. The van der Waals surface area contributed by atoms with Crippen molar-refractivity contribution in [3.05, 3.63) is 34.8 Å². The largest absolute Gasteiger partial charge is 0.446 e. The highest BCUT2D eigenvalue weighted by atomic mass is 32.2. The van der Waals surface area contributed by atoms with Gasteiger partial charge in [-0.2, -0.15) is 13.2 Å². The molecule has 106 valence electrons. The van der Waals surface area contributed by atoms with E-state index in [0.717, 1.165) is 0 Å². The lowest BCUT2D eigenvalue weighted by atomic mass is 10.2. The molecule has 0 aliphatic heterocycles. The molecule has 0 saturated heterocycles. The number of amides is 1. The Kier molecular flexibility index (Phi) is 4.29. The highest BCUT2D eigenvalue weighted by molar-refractivity contribution is 8.00. The summed E-state index contributed by atoms with van der Waals surface area (Å²) in [6.07, 6.45) is 0. The summed E-state index contributed by atoms with van der Waals surface area (Å²) < 4.78 is 36.5. The molecule has 0 atom stereocenters. The summed E-state index contributed by atoms with van der Waals surface area (Å²) in [6.45, 7) is 1.75. The average molecular weight is 319 g/mol. The van der Waals surface area contributed by atoms with E-state index in [1.165, 1.54) is 35.6 Å². The summed E-state index contributed by atoms with van der Waals surface area (Å²) in [5, 5.41) is 11.1. The quantitative estimate of drug-likeness (QED) is 0.876. The van der Waals surface area contributed by atoms with Crippen LogP contribution in [0.5, 0.6) is 0 Å². The van der Waals surface area contributed by atoms with Crippen molar-refractivity contribution in [3.8, 4) is 0 Å². The SMILES string of the molecule is Cc1nnc(NC(=O)c2ccc(SC(F)(F)F)cc2)s1. The molecule has 0 radical (unpaired) electrons. The van der Waals surface area contributed by atoms with Crippen molar-refractivity contribution in [2.75, 3.05) is 5.32 Å². The van der Waals surface area contributed by atoms with Gasteiger partial charge in [0.1, 0.15) is 5.01 Å². The molecule has 2 rings (SSSR count). The molecular weight excluding hydrogens is 311 g/mol. The minimum Gasteiger partial charge on any atom is -0.296 e. The van der Waals surface area contributed by atoms with Crippen LogP contribution in [0.4, 0.5) is 18.3 Å². The van der Waals surface area contributed by atoms with Crippen molar-refractivity contribution in [2.45, 2.75) is 17.3 Å². The molecule has 1 amide bonds. The third kappa shape index (κ3) is 4.20. The number of benzene rings is 1. The van der Waals surface area contributed by atoms with Gasteiger partial charge in [-0.1, -0.05) is 11.3 Å². The summed E-state index contributed by atoms with van der Waals surface area (Å²) in [4.78, 5) is 11.8. The molecule has 0 bridgehead atoms. The summed E-state index contributed by atoms with van der Waals surface area (Å²) in [7, 11) is 0. The molecule has 0 unspecified atom stereocenters. The van der Waals surface area contributed by atoms with E-state index in [9.17, 15) is 18.0 Å². The fraction of sp³-hybridized carbons (Fsp3) is 0.182. The van der Waals surface area contributed by atoms with E-state index >= 15 is 0 Å². The van der Waals surface area contributed by atoms with Gasteiger partial charge < -0.3 is 0 Å². The number of carbonyl (C=O) groups excluding carboxylic acids is 1. The van der Waals surface area contributed by atoms with Crippen molar-refractivity contribution in [1.29, 1.82) is 0 Å². The number of aromatic nitrogens is 2. The summed E-state index contributed by atoms with van der Waals surface area (Å²) in [6, 6.07) is 5.16. The van der Waals surface area contributed by atoms with Gasteiger partial charge >= 0.3 is 5.51 Å². The standard InChI is InChI=1S/C11H8F3N3OS2/c1-6-16-17-10(19-6)15-9(18)7-2-4-8(5-3-7)20-11(12,13)14/h2-5H,1H3,(H,15,17,18). The molecule has 1 aromatic heterocycles. The van der Waals surface area contributed by atoms with E-state index in [0.29, 0.717) is 10.1 Å². The van der Waals surface area contributed by atoms with E-state index in [-0.39, 0.29) is 22.2 Å². The first-order valence-electron chi connectivity index (χ1n) is 5.31. The number of rotatable bonds is 3. The summed E-state index contributed by atoms with van der Waals surface area (Å²) in [5.41, 5.74) is -4.09. The predicted octanol–water partition coefficient (Wildman–Crippen LogP) is 3.71. The van der Waals surface area contributed by atoms with Crippen molar-refractivity contribution < 1.29 is 18.0 Å². The van der Waals surface area contributed by atoms with Crippen LogP contribution in [0.1, 0.15) is 15.4 Å². The molecule has 0 saturated carbocycles. The second-order valence-corrected chi connectivity index (χ2v) is 5.97. The van der Waals surface area contributed by atoms with Crippen LogP contribution in [0.15, 0.2) is 29.2 Å². The van der Waals surface area contributed by atoms with E-state index in [1.807, 2.05) is 0 Å². The Morgan fingerprint density at radius 3 is 2.40 bits per heavy atom. The van der Waals surface area contributed by atoms with Gasteiger partial charge in [0.15, 0.2) is 0 Å². The number of hydrogen-bond donors (Lipinski definition) is 1. The van der Waals surface area contributed by atoms with Crippen molar-refractivity contribution in [1.82, 2.24) is 10.2 Å². The summed E-state index contributed by atoms with van der Waals surface area (Å²) in [5.74, 6) is -0.440. The maximum atomic E-state index is 12.2. The Balaban J connectivity index is 2.04. The molecule has 1 aromatic carbocycles. The first-order valence-corrected chi connectivity index (χ1v) is 6.94. The van der Waals surface area contributed by atoms with Gasteiger partial charge in [-0.05, 0) is 43.0 Å². The van der Waals surface area contributed by atoms with Gasteiger partial charge in [0.25, 0.3) is 5.91 Å². The minimum atomic E-state index is -4.34. The monoisotopic (exact) mass is 319 g/mol. The molecule has 0 aliphatic carbocycles. The fourth-order valence-corrected chi connectivity index (χ4v) is 2.45. The number of nitrogens with zero attached hydrogens (tertiary/aromatic N) is 2. The molecule has 4 nitrogen and oxygen atoms in total. The first kappa shape index (κ1) is 14.8. The van der Waals surface area contributed by atoms with Crippen molar-refractivity contribution >= 4 is 34.1 Å². The molecule has 1 heterocycles. The van der Waals surface area contributed by atoms with Gasteiger partial charge in [0.05, 0.1) is 0 Å². The number of nitrogens with one attached hydrogen (secondary N) is 1. The maximum absolute atomic E-state index is 12.2. The first-order chi connectivity index (χ1) is 9.33. The molecule has 1 N–H and O–H groups in total. The van der Waals surface area contributed by atoms with Crippen LogP contribution in [0.25, 0.3) is 0 Å². The Hall–Kier alpha value is -1.61. The highest BCUT2D eigenvalue weighted by Crippen LogP contribution is 2.36. The number of aryl methyl sites for hydroxylation is 1. The number of hydrogen-bond acceptors (Lipinski definition) is 5. The minimum absolute atomic E-state index is 0.0285. The van der Waals surface area contributed by atoms with Gasteiger partial charge in [-0.15, -0.1) is 10.2 Å². The molecule has 0 fully saturated rings. The zero-order valence-electron chi connectivity index (χ0n) is 10.1. The fourth-order valence-electron chi connectivity index (χ4n) is 1.32. The van der Waals surface area contributed by atoms with Crippen LogP contribution in [0, 0.1) is 6.92 Å². The van der Waals surface area contributed by atoms with E-state index in [2.05, 4.69) is 15.5 Å². The number of alkyl halides is 3. The van der Waals surface area contributed by atoms with Crippen LogP contribution in [0.3, 0.4) is 0 Å². The number of carbonyl (C=O) groups is 1. The summed E-state index contributed by atoms with van der Waals surface area (Å²) >= 11 is 0.991. The zero-order valence-corrected chi connectivity index (χ0v) is 11.7. The number of halogens is 3. The Labute approximate surface area is 120 Å². The topological polar surface area (TPSA) is 54.9 Å². The van der Waals surface area contributed by atoms with Crippen LogP contribution in [-0.4, -0.2) is 21.6 Å². The van der Waals surface area contributed by atoms with Crippen molar-refractivity contribution in [3.63, 3.8) is 0 Å². The van der Waals surface area contributed by atoms with Crippen LogP contribution >= 0.6 is 23.1 Å². The lowest BCUT2D eigenvalue weighted by molar-refractivity contribution is -0.0328. The molecule has 2 aromatic rings. The lowest BCUT2D eigenvalue weighted by Gasteiger charge is -2.06. The lowest BCUT2D eigenvalue weighted by Crippen LogP contribution is -2.11. The second-order valence-electron chi connectivity index (χ2n) is 3.65. The van der Waals surface area contributed by atoms with E-state index in [4.69, 9.17) is 0 Å². The van der Waals surface area contributed by atoms with Gasteiger partial charge in [-0.25, -0.2) is 0 Å². The van der Waals surface area contributed by atoms with Gasteiger partial charge in [0, 0.05) is 10.5 Å². The Bertz CT molecular complexity index is 610. The number of thioether (sulfide) groups is 1. The van der Waals surface area contributed by atoms with Crippen molar-refractivity contribution in [2.24, 2.45) is 0 Å². The maximum Gasteiger partial charge on any atom is 0.446 e. The highest BCUT2D eigenvalue weighted by Gasteiger charge is 2.29. The second kappa shape index (κ2) is 5.80. The molecule has 0 spiro atoms. The molecular formula is C11H8F3N3OS2. The van der Waals surface area contributed by atoms with Crippen LogP contribution < -0.4 is 5.32 Å². The smallest absolute Gasteiger partial charge is 0.296 e. The normalized spacial score (nSPS) is 11.4. The third-order valence-electron chi connectivity index (χ3n) is 2.10. The van der Waals surface area contributed by atoms with Crippen LogP contribution in [-0.2, 0) is 0 Å². The predicted molar refractivity (Wildman–Crippen MR) is 71.0 cm³/mol. The van der Waals surface area contributed by atoms with E-state index in [1.54, 1.807) is 6.92 Å². The molecule has 20 heavy (non-hydrogen) atoms. The van der Waals surface area contributed by atoms with Gasteiger partial charge in [0.2, 0.25) is 5.13 Å². The van der Waals surface area contributed by atoms with Gasteiger partial charge in [-0.3, -0.25) is 10.1 Å². The molecule has 0 aliphatic rings. The van der Waals surface area contributed by atoms with Crippen LogP contribution in [0.2, 0.25) is 0 Å². The third-order valence-corrected chi connectivity index (χ3v) is 3.59. The molecule has 9 heteroatoms. The Morgan fingerprint density at radius 1 is 1.25 bits per heavy atom.